The van der Waals surface area contributed by atoms with Crippen LogP contribution in [0.25, 0.3) is 16.9 Å². The van der Waals surface area contributed by atoms with E-state index < -0.39 is 0 Å². The molecule has 0 aliphatic heterocycles. The predicted octanol–water partition coefficient (Wildman–Crippen LogP) is 3.53. The van der Waals surface area contributed by atoms with Gasteiger partial charge >= 0.3 is 0 Å². The van der Waals surface area contributed by atoms with E-state index in [1.54, 1.807) is 32.5 Å². The Bertz CT molecular complexity index is 892. The highest BCUT2D eigenvalue weighted by Crippen LogP contribution is 2.30. The number of ether oxygens (including phenoxy) is 1. The number of thioether (sulfide) groups is 1. The highest BCUT2D eigenvalue weighted by molar-refractivity contribution is 7.99. The monoisotopic (exact) mass is 371 g/mol. The summed E-state index contributed by atoms with van der Waals surface area (Å²) in [6, 6.07) is 13.8. The molecule has 0 spiro atoms. The van der Waals surface area contributed by atoms with E-state index in [1.165, 1.54) is 23.9 Å². The number of rotatable bonds is 6. The Labute approximate surface area is 155 Å². The quantitative estimate of drug-likeness (QED) is 0.674. The Balaban J connectivity index is 2.04. The normalized spacial score (nSPS) is 10.6. The van der Waals surface area contributed by atoms with Gasteiger partial charge in [-0.3, -0.25) is 9.36 Å². The van der Waals surface area contributed by atoms with E-state index in [9.17, 15) is 9.18 Å². The topological polar surface area (TPSA) is 56.1 Å². The lowest BCUT2D eigenvalue weighted by Gasteiger charge is -2.12. The molecule has 0 fully saturated rings. The number of nitrogens with one attached hydrogen (secondary N) is 1. The summed E-state index contributed by atoms with van der Waals surface area (Å²) in [7, 11) is 3.21. The molecule has 134 valence electrons. The molecular weight excluding hydrogens is 353 g/mol. The number of carbonyl (C=O) groups excluding carboxylic acids is 1. The lowest BCUT2D eigenvalue weighted by Crippen LogP contribution is -2.20. The van der Waals surface area contributed by atoms with Gasteiger partial charge in [-0.05, 0) is 48.5 Å². The molecule has 1 aromatic heterocycles. The second kappa shape index (κ2) is 8.05. The number of aromatic nitrogens is 2. The van der Waals surface area contributed by atoms with E-state index in [4.69, 9.17) is 4.74 Å². The third-order valence-corrected chi connectivity index (χ3v) is 4.76. The van der Waals surface area contributed by atoms with Crippen LogP contribution in [-0.2, 0) is 4.79 Å². The van der Waals surface area contributed by atoms with Crippen LogP contribution in [-0.4, -0.2) is 35.4 Å². The molecule has 0 atom stereocenters. The number of hydrogen-bond donors (Lipinski definition) is 1. The van der Waals surface area contributed by atoms with Gasteiger partial charge in [-0.2, -0.15) is 0 Å². The van der Waals surface area contributed by atoms with E-state index in [-0.39, 0.29) is 17.5 Å². The van der Waals surface area contributed by atoms with Crippen molar-refractivity contribution in [2.45, 2.75) is 5.16 Å². The van der Waals surface area contributed by atoms with Gasteiger partial charge < -0.3 is 10.1 Å². The molecule has 3 rings (SSSR count). The zero-order chi connectivity index (χ0) is 18.5. The predicted molar refractivity (Wildman–Crippen MR) is 100 cm³/mol. The molecule has 0 aliphatic carbocycles. The van der Waals surface area contributed by atoms with Crippen LogP contribution in [0.5, 0.6) is 5.75 Å². The average molecular weight is 371 g/mol. The molecule has 0 bridgehead atoms. The summed E-state index contributed by atoms with van der Waals surface area (Å²) in [5, 5.41) is 3.25. The molecule has 7 heteroatoms. The van der Waals surface area contributed by atoms with Crippen molar-refractivity contribution in [2.75, 3.05) is 19.9 Å². The fraction of sp³-hybridized carbons (Fsp3) is 0.158. The highest BCUT2D eigenvalue weighted by atomic mass is 32.2. The molecule has 5 nitrogen and oxygen atoms in total. The second-order valence-electron chi connectivity index (χ2n) is 5.43. The zero-order valence-electron chi connectivity index (χ0n) is 14.4. The number of imidazole rings is 1. The average Bonchev–Trinajstić information content (AvgIpc) is 3.10. The standard InChI is InChI=1S/C19H18FN3O2S/c1-21-18(24)12-26-19-22-11-17(13-3-9-16(25-2)10-4-13)23(19)15-7-5-14(20)6-8-15/h3-11H,12H2,1-2H3,(H,21,24). The van der Waals surface area contributed by atoms with Crippen molar-refractivity contribution in [1.82, 2.24) is 14.9 Å². The number of hydrogen-bond acceptors (Lipinski definition) is 4. The van der Waals surface area contributed by atoms with Crippen molar-refractivity contribution in [3.05, 3.63) is 60.5 Å². The van der Waals surface area contributed by atoms with Crippen LogP contribution in [0, 0.1) is 5.82 Å². The molecule has 1 amide bonds. The van der Waals surface area contributed by atoms with Gasteiger partial charge in [0.15, 0.2) is 5.16 Å². The number of nitrogens with zero attached hydrogens (tertiary/aromatic N) is 2. The molecule has 3 aromatic rings. The fourth-order valence-corrected chi connectivity index (χ4v) is 3.31. The molecule has 0 aliphatic rings. The van der Waals surface area contributed by atoms with Crippen molar-refractivity contribution in [3.63, 3.8) is 0 Å². The Morgan fingerprint density at radius 1 is 1.19 bits per heavy atom. The zero-order valence-corrected chi connectivity index (χ0v) is 15.2. The minimum absolute atomic E-state index is 0.0883. The second-order valence-corrected chi connectivity index (χ2v) is 6.37. The van der Waals surface area contributed by atoms with E-state index in [2.05, 4.69) is 10.3 Å². The SMILES string of the molecule is CNC(=O)CSc1ncc(-c2ccc(OC)cc2)n1-c1ccc(F)cc1. The third kappa shape index (κ3) is 3.88. The first-order valence-electron chi connectivity index (χ1n) is 7.94. The van der Waals surface area contributed by atoms with Crippen molar-refractivity contribution < 1.29 is 13.9 Å². The molecule has 0 saturated carbocycles. The van der Waals surface area contributed by atoms with Crippen molar-refractivity contribution >= 4 is 17.7 Å². The maximum absolute atomic E-state index is 13.3. The van der Waals surface area contributed by atoms with Gasteiger partial charge in [-0.15, -0.1) is 0 Å². The maximum Gasteiger partial charge on any atom is 0.230 e. The first-order valence-corrected chi connectivity index (χ1v) is 8.92. The fourth-order valence-electron chi connectivity index (χ4n) is 2.44. The van der Waals surface area contributed by atoms with Crippen LogP contribution in [0.15, 0.2) is 59.9 Å². The van der Waals surface area contributed by atoms with Crippen molar-refractivity contribution in [1.29, 1.82) is 0 Å². The van der Waals surface area contributed by atoms with E-state index >= 15 is 0 Å². The molecule has 1 N–H and O–H groups in total. The molecule has 1 heterocycles. The summed E-state index contributed by atoms with van der Waals surface area (Å²) >= 11 is 1.32. The molecule has 0 saturated heterocycles. The maximum atomic E-state index is 13.3. The van der Waals surface area contributed by atoms with Crippen LogP contribution in [0.2, 0.25) is 0 Å². The Morgan fingerprint density at radius 2 is 1.88 bits per heavy atom. The number of halogens is 1. The van der Waals surface area contributed by atoms with Gasteiger partial charge in [0, 0.05) is 18.3 Å². The Morgan fingerprint density at radius 3 is 2.50 bits per heavy atom. The molecule has 2 aromatic carbocycles. The minimum Gasteiger partial charge on any atom is -0.497 e. The first kappa shape index (κ1) is 18.0. The number of methoxy groups -OCH3 is 1. The van der Waals surface area contributed by atoms with Gasteiger partial charge in [-0.25, -0.2) is 9.37 Å². The summed E-state index contributed by atoms with van der Waals surface area (Å²) in [6.45, 7) is 0. The van der Waals surface area contributed by atoms with Gasteiger partial charge in [-0.1, -0.05) is 11.8 Å². The molecule has 0 unspecified atom stereocenters. The summed E-state index contributed by atoms with van der Waals surface area (Å²) in [6.07, 6.45) is 1.75. The smallest absolute Gasteiger partial charge is 0.230 e. The van der Waals surface area contributed by atoms with Crippen molar-refractivity contribution in [3.8, 4) is 22.7 Å². The summed E-state index contributed by atoms with van der Waals surface area (Å²) in [5.74, 6) is 0.612. The number of carbonyl (C=O) groups is 1. The Kier molecular flexibility index (Phi) is 5.58. The molecule has 0 radical (unpaired) electrons. The van der Waals surface area contributed by atoms with Crippen LogP contribution in [0.1, 0.15) is 0 Å². The van der Waals surface area contributed by atoms with Gasteiger partial charge in [0.05, 0.1) is 24.8 Å². The van der Waals surface area contributed by atoms with Crippen molar-refractivity contribution in [2.24, 2.45) is 0 Å². The number of benzene rings is 2. The lowest BCUT2D eigenvalue weighted by atomic mass is 10.1. The van der Waals surface area contributed by atoms with Crippen LogP contribution >= 0.6 is 11.8 Å². The lowest BCUT2D eigenvalue weighted by molar-refractivity contribution is -0.118. The first-order chi connectivity index (χ1) is 12.6. The third-order valence-electron chi connectivity index (χ3n) is 3.81. The van der Waals surface area contributed by atoms with E-state index in [1.807, 2.05) is 28.8 Å². The van der Waals surface area contributed by atoms with E-state index in [0.29, 0.717) is 5.16 Å². The van der Waals surface area contributed by atoms with Crippen LogP contribution in [0.4, 0.5) is 4.39 Å². The minimum atomic E-state index is -0.306. The highest BCUT2D eigenvalue weighted by Gasteiger charge is 2.15. The summed E-state index contributed by atoms with van der Waals surface area (Å²) in [5.41, 5.74) is 2.56. The van der Waals surface area contributed by atoms with Crippen LogP contribution < -0.4 is 10.1 Å². The largest absolute Gasteiger partial charge is 0.497 e. The molecule has 26 heavy (non-hydrogen) atoms. The van der Waals surface area contributed by atoms with Crippen LogP contribution in [0.3, 0.4) is 0 Å². The van der Waals surface area contributed by atoms with E-state index in [0.717, 1.165) is 22.7 Å². The summed E-state index contributed by atoms with van der Waals surface area (Å²) < 4.78 is 20.5. The Hall–Kier alpha value is -2.80. The summed E-state index contributed by atoms with van der Waals surface area (Å²) in [4.78, 5) is 16.1. The molecular formula is C19H18FN3O2S. The van der Waals surface area contributed by atoms with Gasteiger partial charge in [0.1, 0.15) is 11.6 Å². The van der Waals surface area contributed by atoms with Gasteiger partial charge in [0.25, 0.3) is 0 Å². The number of amides is 1. The van der Waals surface area contributed by atoms with Gasteiger partial charge in [0.2, 0.25) is 5.91 Å².